The molecule has 0 bridgehead atoms. The summed E-state index contributed by atoms with van der Waals surface area (Å²) < 4.78 is 1.73. The van der Waals surface area contributed by atoms with E-state index in [0.717, 1.165) is 6.42 Å². The molecule has 0 aliphatic carbocycles. The predicted octanol–water partition coefficient (Wildman–Crippen LogP) is 0.448. The van der Waals surface area contributed by atoms with Crippen molar-refractivity contribution in [2.75, 3.05) is 26.2 Å². The van der Waals surface area contributed by atoms with E-state index in [2.05, 4.69) is 10.6 Å². The molecule has 4 rings (SSSR count). The molecule has 0 aromatic carbocycles. The van der Waals surface area contributed by atoms with E-state index in [1.807, 2.05) is 5.38 Å². The highest BCUT2D eigenvalue weighted by Gasteiger charge is 2.39. The summed E-state index contributed by atoms with van der Waals surface area (Å²) in [6, 6.07) is 5.52. The molecule has 10 heteroatoms. The topological polar surface area (TPSA) is 104 Å². The van der Waals surface area contributed by atoms with Gasteiger partial charge in [-0.05, 0) is 36.4 Å². The lowest BCUT2D eigenvalue weighted by Crippen LogP contribution is -2.63. The van der Waals surface area contributed by atoms with Crippen molar-refractivity contribution in [3.63, 3.8) is 0 Å². The highest BCUT2D eigenvalue weighted by atomic mass is 32.1. The summed E-state index contributed by atoms with van der Waals surface area (Å²) in [7, 11) is 1.79. The van der Waals surface area contributed by atoms with Crippen molar-refractivity contribution in [3.05, 3.63) is 46.4 Å². The number of amides is 4. The third-order valence-electron chi connectivity index (χ3n) is 5.73. The Balaban J connectivity index is 1.55. The van der Waals surface area contributed by atoms with Gasteiger partial charge in [-0.25, -0.2) is 0 Å². The average molecular weight is 444 g/mol. The summed E-state index contributed by atoms with van der Waals surface area (Å²) in [5, 5.41) is 7.35. The van der Waals surface area contributed by atoms with Gasteiger partial charge in [0.05, 0.1) is 11.4 Å². The molecule has 0 spiro atoms. The molecule has 2 fully saturated rings. The zero-order valence-corrected chi connectivity index (χ0v) is 18.1. The number of piperidine rings is 1. The fourth-order valence-corrected chi connectivity index (χ4v) is 4.68. The summed E-state index contributed by atoms with van der Waals surface area (Å²) in [6.45, 7) is 1.23. The van der Waals surface area contributed by atoms with E-state index < -0.39 is 18.0 Å². The van der Waals surface area contributed by atoms with Gasteiger partial charge in [0.2, 0.25) is 11.8 Å². The van der Waals surface area contributed by atoms with Crippen molar-refractivity contribution in [1.29, 1.82) is 0 Å². The van der Waals surface area contributed by atoms with Crippen LogP contribution in [0, 0.1) is 0 Å². The number of nitrogens with one attached hydrogen (secondary N) is 2. The number of carbonyl (C=O) groups excluding carboxylic acids is 4. The standard InChI is InChI=1S/C21H25N5O4S/c1-24-9-3-6-15(24)20(29)25-10-11-26(21(30)17-7-4-12-31-17)16(13-25)19(28)23-14-5-2-8-22-18(14)27/h3-4,6-7,9,12,14,16H,2,5,8,10-11,13H2,1H3,(H,22,27)(H,23,28)/t14-,16+/m0/s1. The van der Waals surface area contributed by atoms with Crippen molar-refractivity contribution in [3.8, 4) is 0 Å². The number of hydrogen-bond acceptors (Lipinski definition) is 5. The second-order valence-electron chi connectivity index (χ2n) is 7.74. The van der Waals surface area contributed by atoms with Crippen LogP contribution in [0.15, 0.2) is 35.8 Å². The largest absolute Gasteiger partial charge is 0.354 e. The number of carbonyl (C=O) groups is 4. The molecule has 2 aliphatic rings. The van der Waals surface area contributed by atoms with E-state index >= 15 is 0 Å². The predicted molar refractivity (Wildman–Crippen MR) is 115 cm³/mol. The monoisotopic (exact) mass is 443 g/mol. The molecular weight excluding hydrogens is 418 g/mol. The van der Waals surface area contributed by atoms with Crippen LogP contribution in [-0.4, -0.2) is 76.3 Å². The SMILES string of the molecule is Cn1cccc1C(=O)N1CCN(C(=O)c2cccs2)[C@@H](C(=O)N[C@H]2CCCNC2=O)C1. The Morgan fingerprint density at radius 2 is 2.00 bits per heavy atom. The Hall–Kier alpha value is -3.14. The number of rotatable bonds is 4. The number of hydrogen-bond donors (Lipinski definition) is 2. The second-order valence-corrected chi connectivity index (χ2v) is 8.69. The molecule has 31 heavy (non-hydrogen) atoms. The average Bonchev–Trinajstić information content (AvgIpc) is 3.46. The van der Waals surface area contributed by atoms with E-state index in [4.69, 9.17) is 0 Å². The van der Waals surface area contributed by atoms with Crippen molar-refractivity contribution in [2.45, 2.75) is 24.9 Å². The molecule has 2 aromatic rings. The van der Waals surface area contributed by atoms with Crippen molar-refractivity contribution >= 4 is 35.0 Å². The quantitative estimate of drug-likeness (QED) is 0.716. The van der Waals surface area contributed by atoms with Crippen LogP contribution in [0.1, 0.15) is 33.0 Å². The minimum Gasteiger partial charge on any atom is -0.354 e. The van der Waals surface area contributed by atoms with Gasteiger partial charge in [0.15, 0.2) is 0 Å². The van der Waals surface area contributed by atoms with Gasteiger partial charge in [0.25, 0.3) is 11.8 Å². The van der Waals surface area contributed by atoms with Crippen LogP contribution in [0.4, 0.5) is 0 Å². The fraction of sp³-hybridized carbons (Fsp3) is 0.429. The van der Waals surface area contributed by atoms with Gasteiger partial charge in [0.1, 0.15) is 17.8 Å². The Kier molecular flexibility index (Phi) is 6.08. The van der Waals surface area contributed by atoms with Crippen LogP contribution in [0.5, 0.6) is 0 Å². The third-order valence-corrected chi connectivity index (χ3v) is 6.59. The molecule has 9 nitrogen and oxygen atoms in total. The number of thiophene rings is 1. The van der Waals surface area contributed by atoms with Crippen LogP contribution in [0.3, 0.4) is 0 Å². The summed E-state index contributed by atoms with van der Waals surface area (Å²) in [5.74, 6) is -1.07. The highest BCUT2D eigenvalue weighted by molar-refractivity contribution is 7.12. The minimum atomic E-state index is -0.873. The molecular formula is C21H25N5O4S. The van der Waals surface area contributed by atoms with Gasteiger partial charge in [0, 0.05) is 32.9 Å². The molecule has 164 valence electrons. The maximum atomic E-state index is 13.2. The first kappa shape index (κ1) is 21.1. The van der Waals surface area contributed by atoms with Crippen LogP contribution in [0.25, 0.3) is 0 Å². The lowest BCUT2D eigenvalue weighted by Gasteiger charge is -2.41. The van der Waals surface area contributed by atoms with Crippen LogP contribution in [0.2, 0.25) is 0 Å². The van der Waals surface area contributed by atoms with Crippen LogP contribution < -0.4 is 10.6 Å². The van der Waals surface area contributed by atoms with E-state index in [1.165, 1.54) is 16.2 Å². The normalized spacial score (nSPS) is 21.5. The van der Waals surface area contributed by atoms with Gasteiger partial charge in [-0.1, -0.05) is 6.07 Å². The molecule has 0 unspecified atom stereocenters. The molecule has 0 saturated carbocycles. The summed E-state index contributed by atoms with van der Waals surface area (Å²) in [4.78, 5) is 55.0. The summed E-state index contributed by atoms with van der Waals surface area (Å²) >= 11 is 1.31. The molecule has 4 amide bonds. The van der Waals surface area contributed by atoms with E-state index in [0.29, 0.717) is 30.1 Å². The number of nitrogens with zero attached hydrogens (tertiary/aromatic N) is 3. The first-order valence-corrected chi connectivity index (χ1v) is 11.2. The third kappa shape index (κ3) is 4.34. The summed E-state index contributed by atoms with van der Waals surface area (Å²) in [6.07, 6.45) is 3.11. The van der Waals surface area contributed by atoms with E-state index in [-0.39, 0.29) is 30.8 Å². The van der Waals surface area contributed by atoms with Crippen molar-refractivity contribution < 1.29 is 19.2 Å². The molecule has 2 aliphatic heterocycles. The van der Waals surface area contributed by atoms with Gasteiger partial charge in [-0.2, -0.15) is 0 Å². The van der Waals surface area contributed by atoms with Gasteiger partial charge >= 0.3 is 0 Å². The van der Waals surface area contributed by atoms with E-state index in [9.17, 15) is 19.2 Å². The minimum absolute atomic E-state index is 0.0707. The first-order valence-electron chi connectivity index (χ1n) is 10.3. The molecule has 2 saturated heterocycles. The zero-order chi connectivity index (χ0) is 22.0. The molecule has 0 radical (unpaired) electrons. The smallest absolute Gasteiger partial charge is 0.270 e. The Morgan fingerprint density at radius 1 is 1.16 bits per heavy atom. The molecule has 2 atom stereocenters. The van der Waals surface area contributed by atoms with Crippen LogP contribution in [-0.2, 0) is 16.6 Å². The second kappa shape index (κ2) is 8.93. The fourth-order valence-electron chi connectivity index (χ4n) is 4.00. The molecule has 4 heterocycles. The van der Waals surface area contributed by atoms with Gasteiger partial charge < -0.3 is 25.0 Å². The first-order chi connectivity index (χ1) is 15.0. The lowest BCUT2D eigenvalue weighted by atomic mass is 10.0. The molecule has 2 aromatic heterocycles. The molecule has 2 N–H and O–H groups in total. The maximum Gasteiger partial charge on any atom is 0.270 e. The number of aryl methyl sites for hydroxylation is 1. The van der Waals surface area contributed by atoms with Crippen LogP contribution >= 0.6 is 11.3 Å². The van der Waals surface area contributed by atoms with Crippen molar-refractivity contribution in [2.24, 2.45) is 7.05 Å². The lowest BCUT2D eigenvalue weighted by molar-refractivity contribution is -0.133. The number of aromatic nitrogens is 1. The Morgan fingerprint density at radius 3 is 2.68 bits per heavy atom. The van der Waals surface area contributed by atoms with E-state index in [1.54, 1.807) is 47.0 Å². The van der Waals surface area contributed by atoms with Gasteiger partial charge in [-0.3, -0.25) is 19.2 Å². The maximum absolute atomic E-state index is 13.2. The number of piperazine rings is 1. The zero-order valence-electron chi connectivity index (χ0n) is 17.2. The Bertz CT molecular complexity index is 986. The van der Waals surface area contributed by atoms with Crippen molar-refractivity contribution in [1.82, 2.24) is 25.0 Å². The summed E-state index contributed by atoms with van der Waals surface area (Å²) in [5.41, 5.74) is 0.517. The highest BCUT2D eigenvalue weighted by Crippen LogP contribution is 2.20. The Labute approximate surface area is 184 Å². The van der Waals surface area contributed by atoms with Gasteiger partial charge in [-0.15, -0.1) is 11.3 Å².